The van der Waals surface area contributed by atoms with Crippen LogP contribution in [0, 0.1) is 12.7 Å². The van der Waals surface area contributed by atoms with E-state index in [-0.39, 0.29) is 30.4 Å². The summed E-state index contributed by atoms with van der Waals surface area (Å²) < 4.78 is 24.0. The Hall–Kier alpha value is -3.48. The summed E-state index contributed by atoms with van der Waals surface area (Å²) in [7, 11) is 0. The van der Waals surface area contributed by atoms with Crippen molar-refractivity contribution in [1.82, 2.24) is 4.98 Å². The minimum absolute atomic E-state index is 0.0538. The number of aromatic nitrogens is 1. The molecule has 0 saturated carbocycles. The number of oxazole rings is 1. The van der Waals surface area contributed by atoms with Crippen LogP contribution in [0.25, 0.3) is 11.5 Å². The van der Waals surface area contributed by atoms with Crippen molar-refractivity contribution in [3.8, 4) is 11.5 Å². The number of rotatable bonds is 6. The molecule has 3 aromatic rings. The van der Waals surface area contributed by atoms with Crippen molar-refractivity contribution in [1.29, 1.82) is 0 Å². The molecule has 0 aliphatic heterocycles. The fourth-order valence-corrected chi connectivity index (χ4v) is 2.66. The second-order valence-corrected chi connectivity index (χ2v) is 6.02. The van der Waals surface area contributed by atoms with Crippen molar-refractivity contribution >= 4 is 17.6 Å². The Labute approximate surface area is 161 Å². The van der Waals surface area contributed by atoms with Crippen LogP contribution in [0.15, 0.2) is 52.9 Å². The predicted octanol–water partition coefficient (Wildman–Crippen LogP) is 4.15. The minimum Gasteiger partial charge on any atom is -0.462 e. The molecular weight excluding hydrogens is 363 g/mol. The second-order valence-electron chi connectivity index (χ2n) is 6.02. The number of carbonyl (C=O) groups is 2. The van der Waals surface area contributed by atoms with Crippen molar-refractivity contribution in [3.63, 3.8) is 0 Å². The van der Waals surface area contributed by atoms with Gasteiger partial charge in [-0.3, -0.25) is 4.79 Å². The molecule has 1 aromatic heterocycles. The molecule has 0 aliphatic carbocycles. The largest absolute Gasteiger partial charge is 0.462 e. The lowest BCUT2D eigenvalue weighted by atomic mass is 10.1. The van der Waals surface area contributed by atoms with Crippen LogP contribution in [-0.4, -0.2) is 23.5 Å². The monoisotopic (exact) mass is 382 g/mol. The molecule has 0 saturated heterocycles. The fraction of sp³-hybridized carbons (Fsp3) is 0.190. The van der Waals surface area contributed by atoms with E-state index in [1.54, 1.807) is 50.2 Å². The molecule has 0 fully saturated rings. The molecular formula is C21H19FN2O4. The van der Waals surface area contributed by atoms with Crippen molar-refractivity contribution < 1.29 is 23.1 Å². The number of aryl methyl sites for hydroxylation is 1. The fourth-order valence-electron chi connectivity index (χ4n) is 2.66. The van der Waals surface area contributed by atoms with Crippen LogP contribution in [0.1, 0.15) is 28.7 Å². The lowest BCUT2D eigenvalue weighted by Crippen LogP contribution is -2.18. The zero-order valence-electron chi connectivity index (χ0n) is 15.5. The Morgan fingerprint density at radius 3 is 2.71 bits per heavy atom. The van der Waals surface area contributed by atoms with E-state index < -0.39 is 11.8 Å². The van der Waals surface area contributed by atoms with Crippen LogP contribution in [0.3, 0.4) is 0 Å². The number of benzene rings is 2. The number of hydrogen-bond acceptors (Lipinski definition) is 5. The highest BCUT2D eigenvalue weighted by atomic mass is 19.1. The van der Waals surface area contributed by atoms with Gasteiger partial charge in [0.2, 0.25) is 11.8 Å². The smallest absolute Gasteiger partial charge is 0.340 e. The summed E-state index contributed by atoms with van der Waals surface area (Å²) in [4.78, 5) is 28.8. The van der Waals surface area contributed by atoms with Gasteiger partial charge in [0.25, 0.3) is 0 Å². The summed E-state index contributed by atoms with van der Waals surface area (Å²) in [6.07, 6.45) is -0.0538. The van der Waals surface area contributed by atoms with Crippen LogP contribution in [0.5, 0.6) is 0 Å². The van der Waals surface area contributed by atoms with Crippen LogP contribution in [0.4, 0.5) is 10.1 Å². The van der Waals surface area contributed by atoms with Gasteiger partial charge < -0.3 is 14.5 Å². The van der Waals surface area contributed by atoms with Crippen LogP contribution in [-0.2, 0) is 16.0 Å². The van der Waals surface area contributed by atoms with Crippen molar-refractivity contribution in [2.75, 3.05) is 11.9 Å². The van der Waals surface area contributed by atoms with Gasteiger partial charge in [0.15, 0.2) is 0 Å². The molecule has 0 spiro atoms. The second kappa shape index (κ2) is 8.47. The normalized spacial score (nSPS) is 10.5. The number of para-hydroxylation sites is 1. The van der Waals surface area contributed by atoms with Crippen molar-refractivity contribution in [2.45, 2.75) is 20.3 Å². The number of ether oxygens (including phenoxy) is 1. The van der Waals surface area contributed by atoms with Gasteiger partial charge in [-0.15, -0.1) is 0 Å². The first kappa shape index (κ1) is 19.3. The summed E-state index contributed by atoms with van der Waals surface area (Å²) in [6.45, 7) is 3.63. The summed E-state index contributed by atoms with van der Waals surface area (Å²) >= 11 is 0. The first-order chi connectivity index (χ1) is 13.5. The van der Waals surface area contributed by atoms with Crippen LogP contribution >= 0.6 is 0 Å². The first-order valence-electron chi connectivity index (χ1n) is 8.76. The third-order valence-corrected chi connectivity index (χ3v) is 3.99. The minimum atomic E-state index is -0.510. The molecule has 2 aromatic carbocycles. The maximum atomic E-state index is 13.4. The van der Waals surface area contributed by atoms with Gasteiger partial charge in [0, 0.05) is 5.56 Å². The highest BCUT2D eigenvalue weighted by molar-refractivity contribution is 6.01. The van der Waals surface area contributed by atoms with Crippen LogP contribution < -0.4 is 5.32 Å². The van der Waals surface area contributed by atoms with Gasteiger partial charge in [-0.2, -0.15) is 0 Å². The number of nitrogens with one attached hydrogen (secondary N) is 1. The molecule has 0 bridgehead atoms. The van der Waals surface area contributed by atoms with E-state index in [1.165, 1.54) is 12.1 Å². The van der Waals surface area contributed by atoms with E-state index in [0.717, 1.165) is 0 Å². The van der Waals surface area contributed by atoms with E-state index in [1.807, 2.05) is 0 Å². The summed E-state index contributed by atoms with van der Waals surface area (Å²) in [5, 5.41) is 2.70. The molecule has 1 N–H and O–H groups in total. The van der Waals surface area contributed by atoms with Crippen molar-refractivity contribution in [2.24, 2.45) is 0 Å². The lowest BCUT2D eigenvalue weighted by Gasteiger charge is -2.09. The number of carbonyl (C=O) groups excluding carboxylic acids is 2. The number of nitrogens with zero attached hydrogens (tertiary/aromatic N) is 1. The van der Waals surface area contributed by atoms with E-state index in [0.29, 0.717) is 22.7 Å². The average molecular weight is 382 g/mol. The van der Waals surface area contributed by atoms with Crippen LogP contribution in [0.2, 0.25) is 0 Å². The summed E-state index contributed by atoms with van der Waals surface area (Å²) in [6, 6.07) is 12.5. The lowest BCUT2D eigenvalue weighted by molar-refractivity contribution is -0.115. The van der Waals surface area contributed by atoms with Gasteiger partial charge in [-0.05, 0) is 44.2 Å². The molecule has 28 heavy (non-hydrogen) atoms. The first-order valence-corrected chi connectivity index (χ1v) is 8.76. The zero-order valence-corrected chi connectivity index (χ0v) is 15.5. The number of halogens is 1. The average Bonchev–Trinajstić information content (AvgIpc) is 3.03. The van der Waals surface area contributed by atoms with E-state index in [4.69, 9.17) is 9.15 Å². The Bertz CT molecular complexity index is 1010. The van der Waals surface area contributed by atoms with Gasteiger partial charge in [0.1, 0.15) is 11.6 Å². The molecule has 7 heteroatoms. The Morgan fingerprint density at radius 2 is 1.96 bits per heavy atom. The van der Waals surface area contributed by atoms with Gasteiger partial charge in [-0.25, -0.2) is 14.2 Å². The molecule has 0 aliphatic rings. The molecule has 0 unspecified atom stereocenters. The maximum absolute atomic E-state index is 13.4. The SMILES string of the molecule is CCOC(=O)c1ccccc1NC(=O)Cc1nc(-c2cccc(F)c2)oc1C. The van der Waals surface area contributed by atoms with Crippen molar-refractivity contribution in [3.05, 3.63) is 71.4 Å². The topological polar surface area (TPSA) is 81.4 Å². The van der Waals surface area contributed by atoms with E-state index in [9.17, 15) is 14.0 Å². The summed E-state index contributed by atoms with van der Waals surface area (Å²) in [5.74, 6) is -0.564. The predicted molar refractivity (Wildman–Crippen MR) is 101 cm³/mol. The molecule has 144 valence electrons. The van der Waals surface area contributed by atoms with E-state index >= 15 is 0 Å². The van der Waals surface area contributed by atoms with Gasteiger partial charge in [-0.1, -0.05) is 18.2 Å². The third kappa shape index (κ3) is 4.43. The number of hydrogen-bond donors (Lipinski definition) is 1. The zero-order chi connectivity index (χ0) is 20.1. The Kier molecular flexibility index (Phi) is 5.84. The third-order valence-electron chi connectivity index (χ3n) is 3.99. The number of anilines is 1. The van der Waals surface area contributed by atoms with E-state index in [2.05, 4.69) is 10.3 Å². The standard InChI is InChI=1S/C21H19FN2O4/c1-3-27-21(26)16-9-4-5-10-17(16)23-19(25)12-18-13(2)28-20(24-18)14-7-6-8-15(22)11-14/h4-11H,3,12H2,1-2H3,(H,23,25). The highest BCUT2D eigenvalue weighted by Crippen LogP contribution is 2.23. The number of esters is 1. The molecule has 0 atom stereocenters. The Morgan fingerprint density at radius 1 is 1.18 bits per heavy atom. The molecule has 0 radical (unpaired) electrons. The summed E-state index contributed by atoms with van der Waals surface area (Å²) in [5.41, 5.74) is 1.56. The Balaban J connectivity index is 1.75. The molecule has 6 nitrogen and oxygen atoms in total. The van der Waals surface area contributed by atoms with Gasteiger partial charge >= 0.3 is 5.97 Å². The quantitative estimate of drug-likeness (QED) is 0.648. The number of amides is 1. The molecule has 1 heterocycles. The maximum Gasteiger partial charge on any atom is 0.340 e. The molecule has 1 amide bonds. The highest BCUT2D eigenvalue weighted by Gasteiger charge is 2.18. The van der Waals surface area contributed by atoms with Gasteiger partial charge in [0.05, 0.1) is 30.0 Å². The molecule has 3 rings (SSSR count).